The van der Waals surface area contributed by atoms with Crippen LogP contribution in [0.2, 0.25) is 0 Å². The minimum Gasteiger partial charge on any atom is -0.481 e. The van der Waals surface area contributed by atoms with E-state index < -0.39 is 5.97 Å². The number of carbonyl (C=O) groups excluding carboxylic acids is 1. The zero-order valence-corrected chi connectivity index (χ0v) is 13.7. The van der Waals surface area contributed by atoms with Crippen LogP contribution >= 0.6 is 0 Å². The van der Waals surface area contributed by atoms with E-state index in [2.05, 4.69) is 5.32 Å². The van der Waals surface area contributed by atoms with Crippen molar-refractivity contribution in [3.05, 3.63) is 0 Å². The Bertz CT molecular complexity index is 422. The van der Waals surface area contributed by atoms with Gasteiger partial charge in [-0.15, -0.1) is 0 Å². The molecule has 6 nitrogen and oxygen atoms in total. The van der Waals surface area contributed by atoms with Crippen LogP contribution in [0.25, 0.3) is 0 Å². The van der Waals surface area contributed by atoms with Crippen molar-refractivity contribution >= 4 is 12.0 Å². The molecule has 0 aromatic carbocycles. The topological polar surface area (TPSA) is 78.9 Å². The number of carboxylic acid groups (broad SMARTS) is 1. The van der Waals surface area contributed by atoms with Gasteiger partial charge in [-0.05, 0) is 57.8 Å². The van der Waals surface area contributed by atoms with Crippen molar-refractivity contribution < 1.29 is 19.4 Å². The van der Waals surface area contributed by atoms with Crippen LogP contribution in [0.3, 0.4) is 0 Å². The first-order valence-corrected chi connectivity index (χ1v) is 9.05. The van der Waals surface area contributed by atoms with Gasteiger partial charge in [0.15, 0.2) is 0 Å². The summed E-state index contributed by atoms with van der Waals surface area (Å²) in [6.45, 7) is 1.52. The van der Waals surface area contributed by atoms with Crippen molar-refractivity contribution in [1.82, 2.24) is 10.2 Å². The van der Waals surface area contributed by atoms with E-state index in [-0.39, 0.29) is 18.0 Å². The lowest BCUT2D eigenvalue weighted by Crippen LogP contribution is -2.50. The predicted molar refractivity (Wildman–Crippen MR) is 85.2 cm³/mol. The lowest BCUT2D eigenvalue weighted by atomic mass is 9.86. The van der Waals surface area contributed by atoms with E-state index in [0.717, 1.165) is 38.8 Å². The largest absolute Gasteiger partial charge is 0.481 e. The molecule has 2 N–H and O–H groups in total. The van der Waals surface area contributed by atoms with Gasteiger partial charge in [-0.25, -0.2) is 4.79 Å². The molecule has 3 aliphatic rings. The maximum atomic E-state index is 12.3. The maximum absolute atomic E-state index is 12.3. The van der Waals surface area contributed by atoms with Crippen LogP contribution in [-0.4, -0.2) is 53.3 Å². The summed E-state index contributed by atoms with van der Waals surface area (Å²) >= 11 is 0. The molecule has 1 heterocycles. The highest BCUT2D eigenvalue weighted by molar-refractivity contribution is 5.74. The number of urea groups is 1. The molecule has 1 aliphatic heterocycles. The van der Waals surface area contributed by atoms with Crippen molar-refractivity contribution in [3.8, 4) is 0 Å². The predicted octanol–water partition coefficient (Wildman–Crippen LogP) is 2.37. The Balaban J connectivity index is 1.35. The lowest BCUT2D eigenvalue weighted by molar-refractivity contribution is -0.142. The summed E-state index contributed by atoms with van der Waals surface area (Å²) in [7, 11) is 0. The third-order valence-corrected chi connectivity index (χ3v) is 5.57. The van der Waals surface area contributed by atoms with Gasteiger partial charge in [0, 0.05) is 19.1 Å². The zero-order chi connectivity index (χ0) is 16.2. The van der Waals surface area contributed by atoms with Gasteiger partial charge in [0.2, 0.25) is 0 Å². The number of carbonyl (C=O) groups is 2. The number of aliphatic carboxylic acids is 1. The summed E-state index contributed by atoms with van der Waals surface area (Å²) in [5, 5.41) is 12.1. The van der Waals surface area contributed by atoms with E-state index in [4.69, 9.17) is 9.84 Å². The van der Waals surface area contributed by atoms with Gasteiger partial charge in [0.1, 0.15) is 0 Å². The summed E-state index contributed by atoms with van der Waals surface area (Å²) in [6, 6.07) is 0.132. The van der Waals surface area contributed by atoms with Crippen molar-refractivity contribution in [2.24, 2.45) is 5.92 Å². The Morgan fingerprint density at radius 1 is 0.913 bits per heavy atom. The fourth-order valence-corrected chi connectivity index (χ4v) is 3.72. The molecule has 130 valence electrons. The van der Waals surface area contributed by atoms with Gasteiger partial charge in [0.05, 0.1) is 18.1 Å². The van der Waals surface area contributed by atoms with Gasteiger partial charge in [-0.1, -0.05) is 0 Å². The van der Waals surface area contributed by atoms with Crippen LogP contribution in [0, 0.1) is 5.92 Å². The number of likely N-dealkylation sites (tertiary alicyclic amines) is 1. The van der Waals surface area contributed by atoms with Crippen molar-refractivity contribution in [3.63, 3.8) is 0 Å². The lowest BCUT2D eigenvalue weighted by Gasteiger charge is -2.37. The SMILES string of the molecule is O=C(O)C1CCC(NC(=O)N2CCC(OC3CCC3)CC2)CC1. The quantitative estimate of drug-likeness (QED) is 0.832. The smallest absolute Gasteiger partial charge is 0.317 e. The summed E-state index contributed by atoms with van der Waals surface area (Å²) in [5.41, 5.74) is 0. The highest BCUT2D eigenvalue weighted by Crippen LogP contribution is 2.27. The van der Waals surface area contributed by atoms with Crippen LogP contribution < -0.4 is 5.32 Å². The third kappa shape index (κ3) is 4.37. The number of carboxylic acids is 1. The molecule has 3 fully saturated rings. The number of nitrogens with one attached hydrogen (secondary N) is 1. The maximum Gasteiger partial charge on any atom is 0.317 e. The van der Waals surface area contributed by atoms with Crippen molar-refractivity contribution in [2.75, 3.05) is 13.1 Å². The number of hydrogen-bond donors (Lipinski definition) is 2. The van der Waals surface area contributed by atoms with Crippen LogP contribution in [0.5, 0.6) is 0 Å². The van der Waals surface area contributed by atoms with E-state index in [1.165, 1.54) is 19.3 Å². The molecule has 1 saturated heterocycles. The minimum absolute atomic E-state index is 0.00543. The van der Waals surface area contributed by atoms with E-state index in [9.17, 15) is 9.59 Å². The minimum atomic E-state index is -0.705. The monoisotopic (exact) mass is 324 g/mol. The van der Waals surface area contributed by atoms with Gasteiger partial charge < -0.3 is 20.1 Å². The molecule has 0 unspecified atom stereocenters. The number of rotatable bonds is 4. The molecule has 0 spiro atoms. The fourth-order valence-electron chi connectivity index (χ4n) is 3.72. The van der Waals surface area contributed by atoms with Gasteiger partial charge >= 0.3 is 12.0 Å². The molecule has 2 amide bonds. The normalized spacial score (nSPS) is 29.8. The first-order chi connectivity index (χ1) is 11.1. The van der Waals surface area contributed by atoms with Crippen molar-refractivity contribution in [1.29, 1.82) is 0 Å². The molecule has 23 heavy (non-hydrogen) atoms. The van der Waals surface area contributed by atoms with Crippen LogP contribution in [0.15, 0.2) is 0 Å². The average Bonchev–Trinajstić information content (AvgIpc) is 2.52. The molecule has 0 bridgehead atoms. The van der Waals surface area contributed by atoms with Gasteiger partial charge in [0.25, 0.3) is 0 Å². The second-order valence-corrected chi connectivity index (χ2v) is 7.21. The number of piperidine rings is 1. The molecule has 6 heteroatoms. The van der Waals surface area contributed by atoms with Crippen LogP contribution in [0.1, 0.15) is 57.8 Å². The number of hydrogen-bond acceptors (Lipinski definition) is 3. The summed E-state index contributed by atoms with van der Waals surface area (Å²) in [6.07, 6.45) is 9.17. The van der Waals surface area contributed by atoms with Gasteiger partial charge in [-0.3, -0.25) is 4.79 Å². The Hall–Kier alpha value is -1.30. The Kier molecular flexibility index (Phi) is 5.41. The molecule has 2 saturated carbocycles. The molecular weight excluding hydrogens is 296 g/mol. The highest BCUT2D eigenvalue weighted by Gasteiger charge is 2.30. The third-order valence-electron chi connectivity index (χ3n) is 5.57. The Labute approximate surface area is 137 Å². The first-order valence-electron chi connectivity index (χ1n) is 9.05. The standard InChI is InChI=1S/C17H28N2O4/c20-16(21)12-4-6-13(7-5-12)18-17(22)19-10-8-15(9-11-19)23-14-2-1-3-14/h12-15H,1-11H2,(H,18,22)(H,20,21). The number of amides is 2. The number of nitrogens with zero attached hydrogens (tertiary/aromatic N) is 1. The summed E-state index contributed by atoms with van der Waals surface area (Å²) in [4.78, 5) is 25.2. The number of ether oxygens (including phenoxy) is 1. The molecular formula is C17H28N2O4. The molecule has 0 aromatic heterocycles. The highest BCUT2D eigenvalue weighted by atomic mass is 16.5. The summed E-state index contributed by atoms with van der Waals surface area (Å²) in [5.74, 6) is -0.939. The zero-order valence-electron chi connectivity index (χ0n) is 13.7. The second-order valence-electron chi connectivity index (χ2n) is 7.21. The average molecular weight is 324 g/mol. The molecule has 0 aromatic rings. The fraction of sp³-hybridized carbons (Fsp3) is 0.882. The molecule has 0 radical (unpaired) electrons. The Morgan fingerprint density at radius 2 is 1.52 bits per heavy atom. The van der Waals surface area contributed by atoms with E-state index >= 15 is 0 Å². The first kappa shape index (κ1) is 16.6. The van der Waals surface area contributed by atoms with E-state index in [1.54, 1.807) is 0 Å². The molecule has 2 aliphatic carbocycles. The summed E-state index contributed by atoms with van der Waals surface area (Å²) < 4.78 is 6.03. The van der Waals surface area contributed by atoms with Crippen molar-refractivity contribution in [2.45, 2.75) is 76.0 Å². The Morgan fingerprint density at radius 3 is 2.04 bits per heavy atom. The van der Waals surface area contributed by atoms with Gasteiger partial charge in [-0.2, -0.15) is 0 Å². The van der Waals surface area contributed by atoms with Crippen LogP contribution in [-0.2, 0) is 9.53 Å². The second kappa shape index (κ2) is 7.51. The molecule has 3 rings (SSSR count). The molecule has 0 atom stereocenters. The van der Waals surface area contributed by atoms with Crippen LogP contribution in [0.4, 0.5) is 4.79 Å². The van der Waals surface area contributed by atoms with E-state index in [0.29, 0.717) is 25.0 Å². The van der Waals surface area contributed by atoms with E-state index in [1.807, 2.05) is 4.90 Å².